The SMILES string of the molecule is CCC(O)c1ccccc1N1CCCNC(=O)C1. The number of benzene rings is 1. The summed E-state index contributed by atoms with van der Waals surface area (Å²) in [5, 5.41) is 12.9. The van der Waals surface area contributed by atoms with E-state index in [1.807, 2.05) is 31.2 Å². The van der Waals surface area contributed by atoms with Crippen LogP contribution in [0.4, 0.5) is 5.69 Å². The van der Waals surface area contributed by atoms with Crippen LogP contribution in [0.25, 0.3) is 0 Å². The summed E-state index contributed by atoms with van der Waals surface area (Å²) in [5.41, 5.74) is 1.89. The van der Waals surface area contributed by atoms with Crippen molar-refractivity contribution in [2.45, 2.75) is 25.9 Å². The van der Waals surface area contributed by atoms with Crippen molar-refractivity contribution >= 4 is 11.6 Å². The summed E-state index contributed by atoms with van der Waals surface area (Å²) in [6, 6.07) is 7.79. The van der Waals surface area contributed by atoms with E-state index in [4.69, 9.17) is 0 Å². The summed E-state index contributed by atoms with van der Waals surface area (Å²) >= 11 is 0. The van der Waals surface area contributed by atoms with Gasteiger partial charge in [0.25, 0.3) is 0 Å². The van der Waals surface area contributed by atoms with Crippen LogP contribution in [0, 0.1) is 0 Å². The van der Waals surface area contributed by atoms with E-state index >= 15 is 0 Å². The van der Waals surface area contributed by atoms with Crippen LogP contribution >= 0.6 is 0 Å². The average Bonchev–Trinajstić information content (AvgIpc) is 2.62. The predicted octanol–water partition coefficient (Wildman–Crippen LogP) is 1.46. The van der Waals surface area contributed by atoms with Crippen molar-refractivity contribution in [3.8, 4) is 0 Å². The number of rotatable bonds is 3. The number of aliphatic hydroxyl groups is 1. The highest BCUT2D eigenvalue weighted by Gasteiger charge is 2.19. The number of carbonyl (C=O) groups is 1. The number of para-hydroxylation sites is 1. The highest BCUT2D eigenvalue weighted by Crippen LogP contribution is 2.28. The van der Waals surface area contributed by atoms with Gasteiger partial charge in [-0.25, -0.2) is 0 Å². The molecule has 0 aliphatic carbocycles. The molecule has 0 bridgehead atoms. The van der Waals surface area contributed by atoms with Gasteiger partial charge >= 0.3 is 0 Å². The van der Waals surface area contributed by atoms with Crippen molar-refractivity contribution in [1.82, 2.24) is 5.32 Å². The van der Waals surface area contributed by atoms with E-state index in [1.54, 1.807) is 0 Å². The molecular formula is C14H20N2O2. The van der Waals surface area contributed by atoms with Crippen LogP contribution in [0.1, 0.15) is 31.4 Å². The molecule has 1 saturated heterocycles. The number of hydrogen-bond acceptors (Lipinski definition) is 3. The van der Waals surface area contributed by atoms with Gasteiger partial charge in [0, 0.05) is 24.3 Å². The third-order valence-corrected chi connectivity index (χ3v) is 3.28. The van der Waals surface area contributed by atoms with Crippen LogP contribution in [-0.4, -0.2) is 30.6 Å². The largest absolute Gasteiger partial charge is 0.388 e. The van der Waals surface area contributed by atoms with Gasteiger partial charge in [0.1, 0.15) is 0 Å². The lowest BCUT2D eigenvalue weighted by Crippen LogP contribution is -2.33. The third kappa shape index (κ3) is 2.82. The van der Waals surface area contributed by atoms with E-state index in [1.165, 1.54) is 0 Å². The zero-order valence-electron chi connectivity index (χ0n) is 10.7. The first-order valence-electron chi connectivity index (χ1n) is 6.51. The zero-order valence-corrected chi connectivity index (χ0v) is 10.7. The molecular weight excluding hydrogens is 228 g/mol. The van der Waals surface area contributed by atoms with Crippen molar-refractivity contribution in [2.75, 3.05) is 24.5 Å². The molecule has 4 heteroatoms. The molecule has 1 amide bonds. The molecule has 1 aliphatic rings. The zero-order chi connectivity index (χ0) is 13.0. The highest BCUT2D eigenvalue weighted by atomic mass is 16.3. The summed E-state index contributed by atoms with van der Waals surface area (Å²) in [6.07, 6.45) is 1.15. The van der Waals surface area contributed by atoms with Gasteiger partial charge in [-0.3, -0.25) is 4.79 Å². The van der Waals surface area contributed by atoms with Gasteiger partial charge in [-0.15, -0.1) is 0 Å². The lowest BCUT2D eigenvalue weighted by molar-refractivity contribution is -0.119. The van der Waals surface area contributed by atoms with Crippen molar-refractivity contribution in [3.63, 3.8) is 0 Å². The Labute approximate surface area is 108 Å². The summed E-state index contributed by atoms with van der Waals surface area (Å²) in [4.78, 5) is 13.7. The summed E-state index contributed by atoms with van der Waals surface area (Å²) < 4.78 is 0. The molecule has 1 aromatic carbocycles. The standard InChI is InChI=1S/C14H20N2O2/c1-2-13(17)11-6-3-4-7-12(11)16-9-5-8-15-14(18)10-16/h3-4,6-7,13,17H,2,5,8-10H2,1H3,(H,15,18). The number of carbonyl (C=O) groups excluding carboxylic acids is 1. The van der Waals surface area contributed by atoms with E-state index in [0.29, 0.717) is 13.0 Å². The van der Waals surface area contributed by atoms with Gasteiger partial charge in [0.2, 0.25) is 5.91 Å². The fourth-order valence-corrected chi connectivity index (χ4v) is 2.29. The van der Waals surface area contributed by atoms with Gasteiger partial charge in [0.05, 0.1) is 12.6 Å². The number of nitrogens with zero attached hydrogens (tertiary/aromatic N) is 1. The van der Waals surface area contributed by atoms with Gasteiger partial charge in [-0.2, -0.15) is 0 Å². The van der Waals surface area contributed by atoms with E-state index in [-0.39, 0.29) is 5.91 Å². The molecule has 1 fully saturated rings. The second-order valence-electron chi connectivity index (χ2n) is 4.61. The highest BCUT2D eigenvalue weighted by molar-refractivity contribution is 5.82. The molecule has 1 atom stereocenters. The lowest BCUT2D eigenvalue weighted by Gasteiger charge is -2.25. The lowest BCUT2D eigenvalue weighted by atomic mass is 10.0. The Morgan fingerprint density at radius 3 is 3.00 bits per heavy atom. The Hall–Kier alpha value is -1.55. The van der Waals surface area contributed by atoms with Gasteiger partial charge in [-0.1, -0.05) is 25.1 Å². The molecule has 2 N–H and O–H groups in total. The first-order valence-corrected chi connectivity index (χ1v) is 6.51. The number of hydrogen-bond donors (Lipinski definition) is 2. The molecule has 4 nitrogen and oxygen atoms in total. The second kappa shape index (κ2) is 5.87. The Morgan fingerprint density at radius 2 is 2.22 bits per heavy atom. The fourth-order valence-electron chi connectivity index (χ4n) is 2.29. The number of nitrogens with one attached hydrogen (secondary N) is 1. The van der Waals surface area contributed by atoms with Crippen LogP contribution in [-0.2, 0) is 4.79 Å². The van der Waals surface area contributed by atoms with Gasteiger partial charge in [-0.05, 0) is 18.9 Å². The van der Waals surface area contributed by atoms with Gasteiger partial charge in [0.15, 0.2) is 0 Å². The number of aliphatic hydroxyl groups excluding tert-OH is 1. The Bertz CT molecular complexity index is 420. The van der Waals surface area contributed by atoms with Crippen LogP contribution in [0.15, 0.2) is 24.3 Å². The van der Waals surface area contributed by atoms with Crippen LogP contribution in [0.2, 0.25) is 0 Å². The molecule has 1 aliphatic heterocycles. The van der Waals surface area contributed by atoms with Crippen LogP contribution in [0.3, 0.4) is 0 Å². The van der Waals surface area contributed by atoms with Crippen molar-refractivity contribution in [1.29, 1.82) is 0 Å². The summed E-state index contributed by atoms with van der Waals surface area (Å²) in [6.45, 7) is 3.89. The Balaban J connectivity index is 2.28. The Morgan fingerprint density at radius 1 is 1.44 bits per heavy atom. The van der Waals surface area contributed by atoms with Crippen LogP contribution < -0.4 is 10.2 Å². The molecule has 18 heavy (non-hydrogen) atoms. The first-order chi connectivity index (χ1) is 8.72. The maximum Gasteiger partial charge on any atom is 0.239 e. The summed E-state index contributed by atoms with van der Waals surface area (Å²) in [5.74, 6) is 0.0493. The van der Waals surface area contributed by atoms with E-state index in [0.717, 1.165) is 30.8 Å². The molecule has 0 spiro atoms. The van der Waals surface area contributed by atoms with E-state index < -0.39 is 6.10 Å². The van der Waals surface area contributed by atoms with Crippen molar-refractivity contribution in [2.24, 2.45) is 0 Å². The quantitative estimate of drug-likeness (QED) is 0.851. The molecule has 1 heterocycles. The minimum Gasteiger partial charge on any atom is -0.388 e. The topological polar surface area (TPSA) is 52.6 Å². The van der Waals surface area contributed by atoms with Crippen molar-refractivity contribution < 1.29 is 9.90 Å². The first kappa shape index (κ1) is 12.9. The Kier molecular flexibility index (Phi) is 4.20. The molecule has 1 aromatic rings. The second-order valence-corrected chi connectivity index (χ2v) is 4.61. The van der Waals surface area contributed by atoms with Gasteiger partial charge < -0.3 is 15.3 Å². The molecule has 0 aromatic heterocycles. The predicted molar refractivity (Wildman–Crippen MR) is 71.5 cm³/mol. The monoisotopic (exact) mass is 248 g/mol. The molecule has 2 rings (SSSR count). The van der Waals surface area contributed by atoms with E-state index in [9.17, 15) is 9.90 Å². The van der Waals surface area contributed by atoms with E-state index in [2.05, 4.69) is 10.2 Å². The summed E-state index contributed by atoms with van der Waals surface area (Å²) in [7, 11) is 0. The molecule has 98 valence electrons. The molecule has 0 radical (unpaired) electrons. The average molecular weight is 248 g/mol. The maximum atomic E-state index is 11.6. The molecule has 0 saturated carbocycles. The van der Waals surface area contributed by atoms with Crippen LogP contribution in [0.5, 0.6) is 0 Å². The third-order valence-electron chi connectivity index (χ3n) is 3.28. The number of anilines is 1. The van der Waals surface area contributed by atoms with Crippen molar-refractivity contribution in [3.05, 3.63) is 29.8 Å². The number of amides is 1. The minimum absolute atomic E-state index is 0.0493. The minimum atomic E-state index is -0.465. The smallest absolute Gasteiger partial charge is 0.239 e. The normalized spacial score (nSPS) is 18.1. The fraction of sp³-hybridized carbons (Fsp3) is 0.500. The maximum absolute atomic E-state index is 11.6. The molecule has 1 unspecified atom stereocenters.